The first-order valence-electron chi connectivity index (χ1n) is 9.11. The zero-order valence-corrected chi connectivity index (χ0v) is 17.2. The summed E-state index contributed by atoms with van der Waals surface area (Å²) in [6.45, 7) is 0.290. The molecule has 6 heteroatoms. The Hall–Kier alpha value is -2.37. The van der Waals surface area contributed by atoms with Crippen molar-refractivity contribution in [1.29, 1.82) is 0 Å². The van der Waals surface area contributed by atoms with Crippen molar-refractivity contribution in [3.05, 3.63) is 99.5 Å². The molecule has 2 unspecified atom stereocenters. The lowest BCUT2D eigenvalue weighted by Gasteiger charge is -2.44. The fourth-order valence-electron chi connectivity index (χ4n) is 3.88. The molecule has 29 heavy (non-hydrogen) atoms. The number of hydrogen-bond acceptors (Lipinski definition) is 3. The number of benzene rings is 3. The highest BCUT2D eigenvalue weighted by molar-refractivity contribution is 6.31. The summed E-state index contributed by atoms with van der Waals surface area (Å²) in [5.41, 5.74) is 0.861. The Morgan fingerprint density at radius 1 is 1.00 bits per heavy atom. The van der Waals surface area contributed by atoms with Crippen LogP contribution in [0.3, 0.4) is 0 Å². The Balaban J connectivity index is 1.90. The summed E-state index contributed by atoms with van der Waals surface area (Å²) in [7, 11) is 1.42. The Morgan fingerprint density at radius 3 is 2.41 bits per heavy atom. The molecule has 0 spiro atoms. The van der Waals surface area contributed by atoms with Gasteiger partial charge in [0.25, 0.3) is 5.91 Å². The lowest BCUT2D eigenvalue weighted by molar-refractivity contribution is -0.145. The summed E-state index contributed by atoms with van der Waals surface area (Å²) < 4.78 is 5.55. The van der Waals surface area contributed by atoms with E-state index >= 15 is 0 Å². The summed E-state index contributed by atoms with van der Waals surface area (Å²) in [5.74, 6) is -0.339. The number of halogens is 2. The van der Waals surface area contributed by atoms with Crippen LogP contribution in [-0.4, -0.2) is 24.2 Å². The topological polar surface area (TPSA) is 49.8 Å². The maximum atomic E-state index is 13.5. The molecule has 0 bridgehead atoms. The molecule has 0 aliphatic carbocycles. The lowest BCUT2D eigenvalue weighted by Crippen LogP contribution is -2.57. The van der Waals surface area contributed by atoms with Gasteiger partial charge in [0.15, 0.2) is 11.7 Å². The van der Waals surface area contributed by atoms with Crippen LogP contribution >= 0.6 is 23.2 Å². The van der Waals surface area contributed by atoms with Gasteiger partial charge < -0.3 is 14.7 Å². The van der Waals surface area contributed by atoms with Crippen LogP contribution in [-0.2, 0) is 21.7 Å². The Bertz CT molecular complexity index is 1060. The monoisotopic (exact) mass is 427 g/mol. The SMILES string of the molecule is COC1C(=O)N(Cc2cccc(Cl)c2)c2ccc(Cl)cc2C1(O)c1ccccc1. The van der Waals surface area contributed by atoms with E-state index in [0.29, 0.717) is 33.4 Å². The molecule has 4 nitrogen and oxygen atoms in total. The highest BCUT2D eigenvalue weighted by atomic mass is 35.5. The number of ether oxygens (including phenoxy) is 1. The molecule has 148 valence electrons. The number of carbonyl (C=O) groups is 1. The number of anilines is 1. The molecule has 0 fully saturated rings. The number of nitrogens with zero attached hydrogens (tertiary/aromatic N) is 1. The molecule has 3 aromatic rings. The van der Waals surface area contributed by atoms with Gasteiger partial charge in [0.2, 0.25) is 0 Å². The average Bonchev–Trinajstić information content (AvgIpc) is 2.72. The maximum Gasteiger partial charge on any atom is 0.260 e. The quantitative estimate of drug-likeness (QED) is 0.650. The summed E-state index contributed by atoms with van der Waals surface area (Å²) in [5, 5.41) is 12.9. The van der Waals surface area contributed by atoms with Gasteiger partial charge in [-0.3, -0.25) is 4.79 Å². The zero-order valence-electron chi connectivity index (χ0n) is 15.7. The zero-order chi connectivity index (χ0) is 20.6. The highest BCUT2D eigenvalue weighted by Crippen LogP contribution is 2.46. The fraction of sp³-hybridized carbons (Fsp3) is 0.174. The third-order valence-electron chi connectivity index (χ3n) is 5.21. The summed E-state index contributed by atoms with van der Waals surface area (Å²) >= 11 is 12.4. The standard InChI is InChI=1S/C23H19Cl2NO3/c1-29-21-22(27)26(14-15-6-5-9-17(24)12-15)20-11-10-18(25)13-19(20)23(21,28)16-7-3-2-4-8-16/h2-13,21,28H,14H2,1H3. The van der Waals surface area contributed by atoms with Crippen LogP contribution in [0.25, 0.3) is 0 Å². The van der Waals surface area contributed by atoms with E-state index in [-0.39, 0.29) is 5.91 Å². The minimum absolute atomic E-state index is 0.290. The van der Waals surface area contributed by atoms with E-state index in [2.05, 4.69) is 0 Å². The summed E-state index contributed by atoms with van der Waals surface area (Å²) in [6, 6.07) is 21.5. The molecular formula is C23H19Cl2NO3. The number of carbonyl (C=O) groups excluding carboxylic acids is 1. The van der Waals surface area contributed by atoms with Gasteiger partial charge >= 0.3 is 0 Å². The first-order valence-corrected chi connectivity index (χ1v) is 9.87. The summed E-state index contributed by atoms with van der Waals surface area (Å²) in [6.07, 6.45) is -1.13. The predicted molar refractivity (Wildman–Crippen MR) is 114 cm³/mol. The minimum atomic E-state index is -1.67. The van der Waals surface area contributed by atoms with Crippen LogP contribution in [0.1, 0.15) is 16.7 Å². The minimum Gasteiger partial charge on any atom is -0.377 e. The van der Waals surface area contributed by atoms with Gasteiger partial charge in [-0.05, 0) is 41.5 Å². The van der Waals surface area contributed by atoms with Crippen molar-refractivity contribution in [2.45, 2.75) is 18.2 Å². The van der Waals surface area contributed by atoms with E-state index in [4.69, 9.17) is 27.9 Å². The van der Waals surface area contributed by atoms with Crippen molar-refractivity contribution in [3.8, 4) is 0 Å². The van der Waals surface area contributed by atoms with Crippen LogP contribution in [0, 0.1) is 0 Å². The molecule has 2 atom stereocenters. The fourth-order valence-corrected chi connectivity index (χ4v) is 4.27. The van der Waals surface area contributed by atoms with Crippen molar-refractivity contribution < 1.29 is 14.6 Å². The predicted octanol–water partition coefficient (Wildman–Crippen LogP) is 4.79. The molecule has 1 aliphatic heterocycles. The first-order chi connectivity index (χ1) is 13.9. The molecule has 1 heterocycles. The maximum absolute atomic E-state index is 13.5. The molecule has 1 aliphatic rings. The molecule has 0 saturated carbocycles. The number of amides is 1. The third-order valence-corrected chi connectivity index (χ3v) is 5.68. The second-order valence-corrected chi connectivity index (χ2v) is 7.84. The van der Waals surface area contributed by atoms with E-state index in [9.17, 15) is 9.90 Å². The Morgan fingerprint density at radius 2 is 1.72 bits per heavy atom. The van der Waals surface area contributed by atoms with Crippen molar-refractivity contribution >= 4 is 34.8 Å². The first kappa shape index (κ1) is 19.9. The van der Waals surface area contributed by atoms with Gasteiger partial charge in [-0.1, -0.05) is 65.7 Å². The molecule has 3 aromatic carbocycles. The second-order valence-electron chi connectivity index (χ2n) is 6.96. The van der Waals surface area contributed by atoms with Crippen LogP contribution in [0.15, 0.2) is 72.8 Å². The molecular weight excluding hydrogens is 409 g/mol. The number of hydrogen-bond donors (Lipinski definition) is 1. The molecule has 1 N–H and O–H groups in total. The van der Waals surface area contributed by atoms with E-state index in [1.54, 1.807) is 41.3 Å². The Labute approximate surface area is 179 Å². The van der Waals surface area contributed by atoms with Crippen LogP contribution < -0.4 is 4.90 Å². The van der Waals surface area contributed by atoms with Crippen molar-refractivity contribution in [3.63, 3.8) is 0 Å². The van der Waals surface area contributed by atoms with E-state index < -0.39 is 11.7 Å². The van der Waals surface area contributed by atoms with Gasteiger partial charge in [-0.15, -0.1) is 0 Å². The van der Waals surface area contributed by atoms with Gasteiger partial charge in [-0.2, -0.15) is 0 Å². The smallest absolute Gasteiger partial charge is 0.260 e. The molecule has 1 amide bonds. The van der Waals surface area contributed by atoms with Crippen molar-refractivity contribution in [2.24, 2.45) is 0 Å². The molecule has 0 saturated heterocycles. The van der Waals surface area contributed by atoms with E-state index in [1.165, 1.54) is 7.11 Å². The molecule has 0 aromatic heterocycles. The summed E-state index contributed by atoms with van der Waals surface area (Å²) in [4.78, 5) is 15.1. The third kappa shape index (κ3) is 3.43. The number of methoxy groups -OCH3 is 1. The van der Waals surface area contributed by atoms with Gasteiger partial charge in [0, 0.05) is 22.7 Å². The largest absolute Gasteiger partial charge is 0.377 e. The lowest BCUT2D eigenvalue weighted by atomic mass is 9.77. The van der Waals surface area contributed by atoms with Crippen LogP contribution in [0.5, 0.6) is 0 Å². The normalized spacial score (nSPS) is 21.2. The van der Waals surface area contributed by atoms with E-state index in [0.717, 1.165) is 5.56 Å². The van der Waals surface area contributed by atoms with Crippen molar-refractivity contribution in [2.75, 3.05) is 12.0 Å². The molecule has 4 rings (SSSR count). The Kier molecular flexibility index (Phi) is 5.36. The highest BCUT2D eigenvalue weighted by Gasteiger charge is 2.52. The number of aliphatic hydroxyl groups is 1. The van der Waals surface area contributed by atoms with Crippen molar-refractivity contribution in [1.82, 2.24) is 0 Å². The van der Waals surface area contributed by atoms with E-state index in [1.807, 2.05) is 36.4 Å². The average molecular weight is 428 g/mol. The van der Waals surface area contributed by atoms with Gasteiger partial charge in [0.1, 0.15) is 0 Å². The second kappa shape index (κ2) is 7.81. The van der Waals surface area contributed by atoms with Crippen LogP contribution in [0.2, 0.25) is 10.0 Å². The van der Waals surface area contributed by atoms with Gasteiger partial charge in [0.05, 0.1) is 12.2 Å². The number of fused-ring (bicyclic) bond motifs is 1. The van der Waals surface area contributed by atoms with Crippen LogP contribution in [0.4, 0.5) is 5.69 Å². The van der Waals surface area contributed by atoms with Gasteiger partial charge in [-0.25, -0.2) is 0 Å². The molecule has 0 radical (unpaired) electrons. The number of rotatable bonds is 4.